The summed E-state index contributed by atoms with van der Waals surface area (Å²) in [6.07, 6.45) is 2.05. The number of halogens is 2. The first-order chi connectivity index (χ1) is 14.4. The lowest BCUT2D eigenvalue weighted by atomic mass is 10.3. The number of aromatic nitrogens is 2. The maximum absolute atomic E-state index is 13.0. The molecule has 1 aliphatic rings. The van der Waals surface area contributed by atoms with Gasteiger partial charge in [-0.3, -0.25) is 4.79 Å². The molecule has 1 saturated heterocycles. The van der Waals surface area contributed by atoms with Gasteiger partial charge in [0.25, 0.3) is 0 Å². The van der Waals surface area contributed by atoms with Gasteiger partial charge in [-0.05, 0) is 24.3 Å². The first kappa shape index (κ1) is 21.1. The number of nitrogens with zero attached hydrogens (tertiary/aromatic N) is 4. The molecule has 4 rings (SSSR count). The van der Waals surface area contributed by atoms with Crippen LogP contribution in [0.25, 0.3) is 11.0 Å². The molecule has 3 aromatic rings. The third-order valence-corrected chi connectivity index (χ3v) is 8.06. The summed E-state index contributed by atoms with van der Waals surface area (Å²) in [6.45, 7) is 1.57. The fourth-order valence-corrected chi connectivity index (χ4v) is 6.11. The van der Waals surface area contributed by atoms with Crippen LogP contribution in [0.3, 0.4) is 0 Å². The van der Waals surface area contributed by atoms with Gasteiger partial charge in [0.2, 0.25) is 15.9 Å². The third-order valence-electron chi connectivity index (χ3n) is 5.20. The van der Waals surface area contributed by atoms with Crippen LogP contribution in [0.2, 0.25) is 10.0 Å². The Labute approximate surface area is 184 Å². The number of carbonyl (C=O) groups excluding carboxylic acids is 1. The molecule has 0 bridgehead atoms. The normalized spacial score (nSPS) is 15.6. The highest BCUT2D eigenvalue weighted by Crippen LogP contribution is 2.31. The standard InChI is InChI=1S/C20H20Cl2N4O3S/c21-15-4-3-5-16(22)20(15)30(28,29)26-12-10-24(11-13-26)19(27)8-9-25-14-23-17-6-1-2-7-18(17)25/h1-7,14H,8-13H2. The van der Waals surface area contributed by atoms with E-state index in [4.69, 9.17) is 23.2 Å². The molecule has 2 heterocycles. The van der Waals surface area contributed by atoms with Crippen LogP contribution in [0.1, 0.15) is 6.42 Å². The van der Waals surface area contributed by atoms with Crippen LogP contribution < -0.4 is 0 Å². The van der Waals surface area contributed by atoms with E-state index in [1.807, 2.05) is 28.8 Å². The first-order valence-corrected chi connectivity index (χ1v) is 11.7. The van der Waals surface area contributed by atoms with Crippen LogP contribution >= 0.6 is 23.2 Å². The second-order valence-corrected chi connectivity index (χ2v) is 9.70. The van der Waals surface area contributed by atoms with Gasteiger partial charge in [-0.25, -0.2) is 13.4 Å². The van der Waals surface area contributed by atoms with Crippen LogP contribution in [-0.4, -0.2) is 59.3 Å². The van der Waals surface area contributed by atoms with Gasteiger partial charge in [-0.2, -0.15) is 4.31 Å². The minimum atomic E-state index is -3.83. The van der Waals surface area contributed by atoms with Crippen molar-refractivity contribution in [3.63, 3.8) is 0 Å². The fraction of sp³-hybridized carbons (Fsp3) is 0.300. The van der Waals surface area contributed by atoms with E-state index in [-0.39, 0.29) is 33.9 Å². The number of piperazine rings is 1. The third kappa shape index (κ3) is 4.05. The van der Waals surface area contributed by atoms with Gasteiger partial charge in [0.15, 0.2) is 0 Å². The zero-order chi connectivity index (χ0) is 21.3. The summed E-state index contributed by atoms with van der Waals surface area (Å²) in [4.78, 5) is 18.6. The van der Waals surface area contributed by atoms with Crippen molar-refractivity contribution in [2.75, 3.05) is 26.2 Å². The SMILES string of the molecule is O=C(CCn1cnc2ccccc21)N1CCN(S(=O)(=O)c2c(Cl)cccc2Cl)CC1. The van der Waals surface area contributed by atoms with Gasteiger partial charge in [0.1, 0.15) is 4.90 Å². The Morgan fingerprint density at radius 2 is 1.63 bits per heavy atom. The van der Waals surface area contributed by atoms with Gasteiger partial charge >= 0.3 is 0 Å². The van der Waals surface area contributed by atoms with Crippen molar-refractivity contribution in [3.05, 3.63) is 58.8 Å². The first-order valence-electron chi connectivity index (χ1n) is 9.50. The topological polar surface area (TPSA) is 75.5 Å². The molecular weight excluding hydrogens is 447 g/mol. The van der Waals surface area contributed by atoms with Crippen molar-refractivity contribution in [1.82, 2.24) is 18.8 Å². The minimum Gasteiger partial charge on any atom is -0.340 e. The van der Waals surface area contributed by atoms with E-state index in [1.165, 1.54) is 16.4 Å². The van der Waals surface area contributed by atoms with Crippen molar-refractivity contribution >= 4 is 50.2 Å². The lowest BCUT2D eigenvalue weighted by molar-refractivity contribution is -0.132. The van der Waals surface area contributed by atoms with E-state index >= 15 is 0 Å². The number of para-hydroxylation sites is 2. The Hall–Kier alpha value is -2.13. The molecule has 0 N–H and O–H groups in total. The molecule has 2 aromatic carbocycles. The Balaban J connectivity index is 1.37. The Kier molecular flexibility index (Phi) is 6.02. The van der Waals surface area contributed by atoms with Gasteiger partial charge in [0.05, 0.1) is 27.4 Å². The minimum absolute atomic E-state index is 0.0133. The zero-order valence-electron chi connectivity index (χ0n) is 16.0. The number of benzene rings is 2. The number of sulfonamides is 1. The molecule has 1 amide bonds. The number of amides is 1. The molecule has 0 spiro atoms. The molecule has 0 unspecified atom stereocenters. The van der Waals surface area contributed by atoms with Crippen molar-refractivity contribution < 1.29 is 13.2 Å². The van der Waals surface area contributed by atoms with Gasteiger partial charge in [-0.15, -0.1) is 0 Å². The Morgan fingerprint density at radius 3 is 2.33 bits per heavy atom. The molecule has 1 aliphatic heterocycles. The molecule has 0 atom stereocenters. The Morgan fingerprint density at radius 1 is 0.967 bits per heavy atom. The number of hydrogen-bond donors (Lipinski definition) is 0. The van der Waals surface area contributed by atoms with Crippen molar-refractivity contribution in [3.8, 4) is 0 Å². The number of hydrogen-bond acceptors (Lipinski definition) is 4. The largest absolute Gasteiger partial charge is 0.340 e. The van der Waals surface area contributed by atoms with E-state index in [9.17, 15) is 13.2 Å². The van der Waals surface area contributed by atoms with Crippen LogP contribution in [-0.2, 0) is 21.4 Å². The molecule has 10 heteroatoms. The summed E-state index contributed by atoms with van der Waals surface area (Å²) in [5, 5.41) is 0.183. The number of fused-ring (bicyclic) bond motifs is 1. The van der Waals surface area contributed by atoms with E-state index in [0.717, 1.165) is 11.0 Å². The van der Waals surface area contributed by atoms with Crippen molar-refractivity contribution in [2.45, 2.75) is 17.9 Å². The van der Waals surface area contributed by atoms with Crippen molar-refractivity contribution in [2.24, 2.45) is 0 Å². The average Bonchev–Trinajstić information content (AvgIpc) is 3.15. The predicted molar refractivity (Wildman–Crippen MR) is 116 cm³/mol. The van der Waals surface area contributed by atoms with Gasteiger partial charge in [0, 0.05) is 39.1 Å². The predicted octanol–water partition coefficient (Wildman–Crippen LogP) is 3.27. The molecular formula is C20H20Cl2N4O3S. The van der Waals surface area contributed by atoms with Crippen LogP contribution in [0.5, 0.6) is 0 Å². The molecule has 1 fully saturated rings. The summed E-state index contributed by atoms with van der Waals surface area (Å²) in [5.74, 6) is -0.0133. The molecule has 0 radical (unpaired) electrons. The second-order valence-electron chi connectivity index (χ2n) is 7.01. The quantitative estimate of drug-likeness (QED) is 0.578. The maximum atomic E-state index is 13.0. The highest BCUT2D eigenvalue weighted by molar-refractivity contribution is 7.89. The van der Waals surface area contributed by atoms with Crippen LogP contribution in [0, 0.1) is 0 Å². The average molecular weight is 467 g/mol. The molecule has 158 valence electrons. The van der Waals surface area contributed by atoms with E-state index < -0.39 is 10.0 Å². The van der Waals surface area contributed by atoms with E-state index in [1.54, 1.807) is 17.3 Å². The number of rotatable bonds is 5. The zero-order valence-corrected chi connectivity index (χ0v) is 18.4. The van der Waals surface area contributed by atoms with Gasteiger partial charge < -0.3 is 9.47 Å². The van der Waals surface area contributed by atoms with Gasteiger partial charge in [-0.1, -0.05) is 41.4 Å². The number of carbonyl (C=O) groups is 1. The second kappa shape index (κ2) is 8.55. The highest BCUT2D eigenvalue weighted by Gasteiger charge is 2.32. The lowest BCUT2D eigenvalue weighted by Crippen LogP contribution is -2.50. The summed E-state index contributed by atoms with van der Waals surface area (Å²) in [6, 6.07) is 12.4. The van der Waals surface area contributed by atoms with Crippen molar-refractivity contribution in [1.29, 1.82) is 0 Å². The number of imidazole rings is 1. The summed E-state index contributed by atoms with van der Waals surface area (Å²) < 4.78 is 29.2. The highest BCUT2D eigenvalue weighted by atomic mass is 35.5. The molecule has 0 saturated carbocycles. The van der Waals surface area contributed by atoms with Crippen LogP contribution in [0.4, 0.5) is 0 Å². The molecule has 1 aromatic heterocycles. The lowest BCUT2D eigenvalue weighted by Gasteiger charge is -2.34. The fourth-order valence-electron chi connectivity index (χ4n) is 3.60. The van der Waals surface area contributed by atoms with E-state index in [0.29, 0.717) is 26.1 Å². The maximum Gasteiger partial charge on any atom is 0.246 e. The summed E-state index contributed by atoms with van der Waals surface area (Å²) >= 11 is 12.2. The summed E-state index contributed by atoms with van der Waals surface area (Å²) in [7, 11) is -3.83. The smallest absolute Gasteiger partial charge is 0.246 e. The monoisotopic (exact) mass is 466 g/mol. The summed E-state index contributed by atoms with van der Waals surface area (Å²) in [5.41, 5.74) is 1.87. The van der Waals surface area contributed by atoms with E-state index in [2.05, 4.69) is 4.98 Å². The number of aryl methyl sites for hydroxylation is 1. The molecule has 0 aliphatic carbocycles. The molecule has 30 heavy (non-hydrogen) atoms. The molecule has 7 nitrogen and oxygen atoms in total. The van der Waals surface area contributed by atoms with Crippen LogP contribution in [0.15, 0.2) is 53.7 Å². The Bertz CT molecular complexity index is 1170.